The molecule has 23 heavy (non-hydrogen) atoms. The van der Waals surface area contributed by atoms with Crippen LogP contribution in [0.1, 0.15) is 30.3 Å². The number of hydrogen-bond donors (Lipinski definition) is 1. The van der Waals surface area contributed by atoms with Gasteiger partial charge in [-0.2, -0.15) is 5.10 Å². The van der Waals surface area contributed by atoms with Gasteiger partial charge in [0.15, 0.2) is 5.69 Å². The molecule has 0 radical (unpaired) electrons. The number of nitrogens with zero attached hydrogens (tertiary/aromatic N) is 2. The van der Waals surface area contributed by atoms with Crippen LogP contribution in [0.4, 0.5) is 0 Å². The van der Waals surface area contributed by atoms with Gasteiger partial charge in [-0.05, 0) is 44.0 Å². The molecule has 0 aliphatic carbocycles. The quantitative estimate of drug-likeness (QED) is 0.918. The molecule has 1 saturated heterocycles. The Bertz CT molecular complexity index is 724. The molecule has 0 bridgehead atoms. The van der Waals surface area contributed by atoms with Crippen molar-refractivity contribution < 1.29 is 9.53 Å². The molecule has 3 rings (SSSR count). The Balaban J connectivity index is 1.75. The fourth-order valence-electron chi connectivity index (χ4n) is 2.50. The first kappa shape index (κ1) is 16.3. The molecule has 1 fully saturated rings. The molecular formula is C16H17Cl2N3O2. The van der Waals surface area contributed by atoms with Crippen LogP contribution >= 0.6 is 23.2 Å². The van der Waals surface area contributed by atoms with Gasteiger partial charge in [-0.25, -0.2) is 4.68 Å². The van der Waals surface area contributed by atoms with E-state index in [-0.39, 0.29) is 11.4 Å². The highest BCUT2D eigenvalue weighted by molar-refractivity contribution is 6.42. The number of hydrogen-bond acceptors (Lipinski definition) is 3. The zero-order valence-electron chi connectivity index (χ0n) is 12.7. The van der Waals surface area contributed by atoms with Crippen molar-refractivity contribution in [3.8, 4) is 5.69 Å². The number of nitrogens with one attached hydrogen (secondary N) is 1. The van der Waals surface area contributed by atoms with Crippen LogP contribution in [0.25, 0.3) is 5.69 Å². The lowest BCUT2D eigenvalue weighted by molar-refractivity contribution is 0.0421. The van der Waals surface area contributed by atoms with Crippen molar-refractivity contribution in [1.82, 2.24) is 15.1 Å². The monoisotopic (exact) mass is 353 g/mol. The van der Waals surface area contributed by atoms with E-state index in [9.17, 15) is 4.79 Å². The molecule has 1 aliphatic heterocycles. The Kier molecular flexibility index (Phi) is 4.62. The summed E-state index contributed by atoms with van der Waals surface area (Å²) < 4.78 is 6.94. The number of ether oxygens (including phenoxy) is 1. The molecule has 1 aromatic carbocycles. The fraction of sp³-hybridized carbons (Fsp3) is 0.375. The van der Waals surface area contributed by atoms with Crippen LogP contribution in [-0.2, 0) is 4.74 Å². The van der Waals surface area contributed by atoms with Crippen LogP contribution < -0.4 is 5.32 Å². The minimum absolute atomic E-state index is 0.187. The number of carbonyl (C=O) groups excluding carboxylic acids is 1. The fourth-order valence-corrected chi connectivity index (χ4v) is 2.79. The van der Waals surface area contributed by atoms with E-state index in [4.69, 9.17) is 27.9 Å². The van der Waals surface area contributed by atoms with Crippen molar-refractivity contribution >= 4 is 29.1 Å². The topological polar surface area (TPSA) is 56.2 Å². The Hall–Kier alpha value is -1.56. The molecule has 0 spiro atoms. The first-order valence-corrected chi connectivity index (χ1v) is 8.14. The number of amides is 1. The minimum atomic E-state index is -0.247. The van der Waals surface area contributed by atoms with Crippen LogP contribution in [0.2, 0.25) is 10.0 Å². The standard InChI is InChI=1S/C16H17Cl2N3O2/c1-16(5-8-23-9-6-16)19-15(22)14-4-7-21(20-14)11-2-3-12(17)13(18)10-11/h2-4,7,10H,5-6,8-9H2,1H3,(H,19,22). The van der Waals surface area contributed by atoms with Crippen molar-refractivity contribution in [2.75, 3.05) is 13.2 Å². The normalized spacial score (nSPS) is 17.0. The molecular weight excluding hydrogens is 337 g/mol. The van der Waals surface area contributed by atoms with Gasteiger partial charge in [-0.1, -0.05) is 23.2 Å². The first-order chi connectivity index (χ1) is 11.0. The summed E-state index contributed by atoms with van der Waals surface area (Å²) in [4.78, 5) is 12.4. The average molecular weight is 354 g/mol. The van der Waals surface area contributed by atoms with Crippen LogP contribution in [0.15, 0.2) is 30.5 Å². The molecule has 1 aromatic heterocycles. The van der Waals surface area contributed by atoms with E-state index in [1.165, 1.54) is 0 Å². The molecule has 5 nitrogen and oxygen atoms in total. The molecule has 7 heteroatoms. The van der Waals surface area contributed by atoms with Crippen molar-refractivity contribution in [3.05, 3.63) is 46.2 Å². The molecule has 1 aliphatic rings. The minimum Gasteiger partial charge on any atom is -0.381 e. The number of benzene rings is 1. The average Bonchev–Trinajstić information content (AvgIpc) is 3.00. The SMILES string of the molecule is CC1(NC(=O)c2ccn(-c3ccc(Cl)c(Cl)c3)n2)CCOCC1. The van der Waals surface area contributed by atoms with Gasteiger partial charge in [0.25, 0.3) is 5.91 Å². The van der Waals surface area contributed by atoms with Gasteiger partial charge >= 0.3 is 0 Å². The summed E-state index contributed by atoms with van der Waals surface area (Å²) in [7, 11) is 0. The third-order valence-corrected chi connectivity index (χ3v) is 4.74. The summed E-state index contributed by atoms with van der Waals surface area (Å²) >= 11 is 11.9. The maximum absolute atomic E-state index is 12.4. The lowest BCUT2D eigenvalue weighted by Crippen LogP contribution is -2.49. The first-order valence-electron chi connectivity index (χ1n) is 7.38. The molecule has 0 unspecified atom stereocenters. The molecule has 1 N–H and O–H groups in total. The Morgan fingerprint density at radius 3 is 2.70 bits per heavy atom. The van der Waals surface area contributed by atoms with Gasteiger partial charge in [0.05, 0.1) is 15.7 Å². The van der Waals surface area contributed by atoms with E-state index in [2.05, 4.69) is 10.4 Å². The second-order valence-corrected chi connectivity index (χ2v) is 6.69. The Labute approximate surface area is 144 Å². The third kappa shape index (κ3) is 3.68. The van der Waals surface area contributed by atoms with Gasteiger partial charge in [0.1, 0.15) is 0 Å². The summed E-state index contributed by atoms with van der Waals surface area (Å²) in [5.41, 5.74) is 0.863. The molecule has 2 heterocycles. The Morgan fingerprint density at radius 1 is 1.26 bits per heavy atom. The zero-order valence-corrected chi connectivity index (χ0v) is 14.2. The Morgan fingerprint density at radius 2 is 2.00 bits per heavy atom. The summed E-state index contributed by atoms with van der Waals surface area (Å²) in [6.07, 6.45) is 3.32. The summed E-state index contributed by atoms with van der Waals surface area (Å²) in [5, 5.41) is 8.30. The van der Waals surface area contributed by atoms with Crippen LogP contribution in [0.3, 0.4) is 0 Å². The summed E-state index contributed by atoms with van der Waals surface area (Å²) in [6, 6.07) is 6.88. The largest absolute Gasteiger partial charge is 0.381 e. The number of rotatable bonds is 3. The number of halogens is 2. The number of aromatic nitrogens is 2. The summed E-state index contributed by atoms with van der Waals surface area (Å²) in [6.45, 7) is 3.35. The third-order valence-electron chi connectivity index (χ3n) is 4.00. The van der Waals surface area contributed by atoms with E-state index in [0.717, 1.165) is 18.5 Å². The second kappa shape index (κ2) is 6.51. The second-order valence-electron chi connectivity index (χ2n) is 5.87. The van der Waals surface area contributed by atoms with Gasteiger partial charge < -0.3 is 10.1 Å². The van der Waals surface area contributed by atoms with Gasteiger partial charge in [0, 0.05) is 24.9 Å². The van der Waals surface area contributed by atoms with Crippen molar-refractivity contribution in [2.24, 2.45) is 0 Å². The highest BCUT2D eigenvalue weighted by atomic mass is 35.5. The summed E-state index contributed by atoms with van der Waals surface area (Å²) in [5.74, 6) is -0.187. The van der Waals surface area contributed by atoms with E-state index < -0.39 is 0 Å². The van der Waals surface area contributed by atoms with Crippen molar-refractivity contribution in [1.29, 1.82) is 0 Å². The van der Waals surface area contributed by atoms with Crippen LogP contribution in [0, 0.1) is 0 Å². The number of carbonyl (C=O) groups is 1. The smallest absolute Gasteiger partial charge is 0.272 e. The molecule has 2 aromatic rings. The lowest BCUT2D eigenvalue weighted by atomic mass is 9.92. The van der Waals surface area contributed by atoms with Gasteiger partial charge in [-0.3, -0.25) is 4.79 Å². The predicted octanol–water partition coefficient (Wildman–Crippen LogP) is 3.48. The van der Waals surface area contributed by atoms with Crippen molar-refractivity contribution in [2.45, 2.75) is 25.3 Å². The molecule has 122 valence electrons. The van der Waals surface area contributed by atoms with Crippen LogP contribution in [-0.4, -0.2) is 34.4 Å². The van der Waals surface area contributed by atoms with E-state index in [0.29, 0.717) is 29.0 Å². The maximum atomic E-state index is 12.4. The highest BCUT2D eigenvalue weighted by Crippen LogP contribution is 2.24. The predicted molar refractivity (Wildman–Crippen MR) is 89.5 cm³/mol. The molecule has 1 amide bonds. The molecule has 0 saturated carbocycles. The van der Waals surface area contributed by atoms with Gasteiger partial charge in [0.2, 0.25) is 0 Å². The molecule has 0 atom stereocenters. The maximum Gasteiger partial charge on any atom is 0.272 e. The van der Waals surface area contributed by atoms with E-state index >= 15 is 0 Å². The van der Waals surface area contributed by atoms with E-state index in [1.54, 1.807) is 35.1 Å². The van der Waals surface area contributed by atoms with Gasteiger partial charge in [-0.15, -0.1) is 0 Å². The van der Waals surface area contributed by atoms with Crippen LogP contribution in [0.5, 0.6) is 0 Å². The van der Waals surface area contributed by atoms with Crippen molar-refractivity contribution in [3.63, 3.8) is 0 Å². The zero-order chi connectivity index (χ0) is 16.4. The highest BCUT2D eigenvalue weighted by Gasteiger charge is 2.29. The van der Waals surface area contributed by atoms with E-state index in [1.807, 2.05) is 6.92 Å². The lowest BCUT2D eigenvalue weighted by Gasteiger charge is -2.34.